The Balaban J connectivity index is 1.08. The first kappa shape index (κ1) is 31.9. The Morgan fingerprint density at radius 2 is 1.77 bits per heavy atom. The molecule has 0 fully saturated rings. The second kappa shape index (κ2) is 14.6. The number of aromatic nitrogens is 10. The summed E-state index contributed by atoms with van der Waals surface area (Å²) >= 11 is 0. The first-order valence-electron chi connectivity index (χ1n) is 15.3. The van der Waals surface area contributed by atoms with E-state index in [1.54, 1.807) is 4.57 Å². The number of rotatable bonds is 14. The van der Waals surface area contributed by atoms with Crippen molar-refractivity contribution in [1.82, 2.24) is 49.9 Å². The molecule has 0 amide bonds. The van der Waals surface area contributed by atoms with Gasteiger partial charge in [-0.05, 0) is 28.3 Å². The van der Waals surface area contributed by atoms with E-state index in [0.717, 1.165) is 35.1 Å². The summed E-state index contributed by atoms with van der Waals surface area (Å²) in [6, 6.07) is 15.6. The Morgan fingerprint density at radius 3 is 2.52 bits per heavy atom. The van der Waals surface area contributed by atoms with E-state index < -0.39 is 17.9 Å². The number of H-pyrrole nitrogens is 2. The molecule has 0 aliphatic carbocycles. The quantitative estimate of drug-likeness (QED) is 0.163. The third kappa shape index (κ3) is 7.16. The molecule has 15 nitrogen and oxygen atoms in total. The number of carbonyl (C=O) groups excluding carboxylic acids is 2. The van der Waals surface area contributed by atoms with Crippen LogP contribution in [0.5, 0.6) is 0 Å². The summed E-state index contributed by atoms with van der Waals surface area (Å²) in [5.41, 5.74) is 3.62. The number of hydrogen-bond donors (Lipinski definition) is 2. The minimum atomic E-state index is -0.710. The van der Waals surface area contributed by atoms with Crippen LogP contribution in [0.1, 0.15) is 49.7 Å². The lowest BCUT2D eigenvalue weighted by atomic mass is 9.98. The normalized spacial score (nSPS) is 11.2. The zero-order chi connectivity index (χ0) is 33.5. The highest BCUT2D eigenvalue weighted by molar-refractivity contribution is 5.80. The smallest absolute Gasteiger partial charge is 0.308 e. The van der Waals surface area contributed by atoms with Crippen molar-refractivity contribution in [3.05, 3.63) is 94.4 Å². The van der Waals surface area contributed by atoms with Gasteiger partial charge in [0.1, 0.15) is 23.5 Å². The van der Waals surface area contributed by atoms with E-state index in [-0.39, 0.29) is 48.5 Å². The fourth-order valence-corrected chi connectivity index (χ4v) is 5.16. The minimum Gasteiger partial charge on any atom is -0.459 e. The van der Waals surface area contributed by atoms with Gasteiger partial charge in [0.05, 0.1) is 25.4 Å². The lowest BCUT2D eigenvalue weighted by Crippen LogP contribution is -2.15. The fraction of sp³-hybridized carbons (Fsp3) is 0.281. The van der Waals surface area contributed by atoms with Gasteiger partial charge in [0.15, 0.2) is 12.4 Å². The van der Waals surface area contributed by atoms with Crippen molar-refractivity contribution in [3.8, 4) is 22.5 Å². The number of nitrogens with one attached hydrogen (secondary N) is 2. The van der Waals surface area contributed by atoms with E-state index >= 15 is 4.39 Å². The highest BCUT2D eigenvalue weighted by Gasteiger charge is 2.20. The molecule has 16 heteroatoms. The van der Waals surface area contributed by atoms with Crippen molar-refractivity contribution in [1.29, 1.82) is 0 Å². The van der Waals surface area contributed by atoms with Crippen molar-refractivity contribution in [2.45, 2.75) is 58.9 Å². The van der Waals surface area contributed by atoms with Gasteiger partial charge in [-0.3, -0.25) is 14.4 Å². The molecule has 4 heterocycles. The molecule has 246 valence electrons. The maximum absolute atomic E-state index is 15.1. The van der Waals surface area contributed by atoms with E-state index in [4.69, 9.17) is 9.47 Å². The molecular weight excluding hydrogens is 623 g/mol. The van der Waals surface area contributed by atoms with Crippen molar-refractivity contribution in [2.24, 2.45) is 0 Å². The van der Waals surface area contributed by atoms with Crippen LogP contribution >= 0.6 is 0 Å². The summed E-state index contributed by atoms with van der Waals surface area (Å²) in [5, 5.41) is 18.6. The van der Waals surface area contributed by atoms with E-state index in [9.17, 15) is 14.4 Å². The number of aromatic amines is 2. The van der Waals surface area contributed by atoms with Gasteiger partial charge in [0, 0.05) is 18.5 Å². The summed E-state index contributed by atoms with van der Waals surface area (Å²) in [6.07, 6.45) is 4.26. The fourth-order valence-electron chi connectivity index (χ4n) is 5.16. The molecule has 0 unspecified atom stereocenters. The molecule has 0 bridgehead atoms. The van der Waals surface area contributed by atoms with Crippen LogP contribution in [-0.2, 0) is 45.4 Å². The van der Waals surface area contributed by atoms with Gasteiger partial charge >= 0.3 is 11.9 Å². The molecule has 2 aromatic carbocycles. The van der Waals surface area contributed by atoms with Gasteiger partial charge in [-0.2, -0.15) is 14.7 Å². The number of imidazole rings is 1. The van der Waals surface area contributed by atoms with E-state index in [2.05, 4.69) is 40.7 Å². The first-order valence-corrected chi connectivity index (χ1v) is 15.3. The van der Waals surface area contributed by atoms with Crippen molar-refractivity contribution in [2.75, 3.05) is 0 Å². The predicted octanol–water partition coefficient (Wildman–Crippen LogP) is 3.72. The second-order valence-corrected chi connectivity index (χ2v) is 10.9. The minimum absolute atomic E-state index is 0.136. The first-order chi connectivity index (χ1) is 23.4. The molecule has 0 aliphatic heterocycles. The number of esters is 2. The summed E-state index contributed by atoms with van der Waals surface area (Å²) in [4.78, 5) is 47.3. The molecule has 6 aromatic rings. The topological polar surface area (TPSA) is 188 Å². The van der Waals surface area contributed by atoms with Crippen LogP contribution < -0.4 is 5.56 Å². The van der Waals surface area contributed by atoms with E-state index in [0.29, 0.717) is 24.6 Å². The molecule has 0 atom stereocenters. The number of carbonyl (C=O) groups is 2. The SMILES string of the molecule is CCCCc1nc(F)c(COC(=O)CCC(=O)OCn2ncc3c(=O)[nH]cnc32)n1Cc1ccc(-c2ccccc2-c2nn[nH]n2)cc1. The Bertz CT molecular complexity index is 2090. The molecule has 48 heavy (non-hydrogen) atoms. The standard InChI is InChI=1S/C32H31FN10O5/c1-2-3-8-26-37-29(33)25(17-47-27(44)13-14-28(45)48-19-43-31-24(15-36-43)32(46)35-18-34-31)42(26)16-20-9-11-21(12-10-20)22-6-4-5-7-23(22)30-38-40-41-39-30/h4-7,9-12,15,18H,2-3,8,13-14,16-17,19H2,1H3,(H,34,35,46)(H,38,39,40,41). The molecular formula is C32H31FN10O5. The molecule has 4 aromatic heterocycles. The van der Waals surface area contributed by atoms with Gasteiger partial charge in [0.25, 0.3) is 5.56 Å². The predicted molar refractivity (Wildman–Crippen MR) is 168 cm³/mol. The van der Waals surface area contributed by atoms with Crippen LogP contribution in [0, 0.1) is 5.95 Å². The number of benzene rings is 2. The number of fused-ring (bicyclic) bond motifs is 1. The maximum atomic E-state index is 15.1. The largest absolute Gasteiger partial charge is 0.459 e. The number of ether oxygens (including phenoxy) is 2. The van der Waals surface area contributed by atoms with Crippen LogP contribution in [0.3, 0.4) is 0 Å². The molecule has 0 radical (unpaired) electrons. The van der Waals surface area contributed by atoms with Gasteiger partial charge in [-0.1, -0.05) is 61.9 Å². The number of aryl methyl sites for hydroxylation is 1. The van der Waals surface area contributed by atoms with Gasteiger partial charge in [-0.15, -0.1) is 10.2 Å². The number of hydrogen-bond acceptors (Lipinski definition) is 11. The lowest BCUT2D eigenvalue weighted by molar-refractivity contribution is -0.153. The van der Waals surface area contributed by atoms with Gasteiger partial charge < -0.3 is 19.0 Å². The zero-order valence-electron chi connectivity index (χ0n) is 25.9. The summed E-state index contributed by atoms with van der Waals surface area (Å²) in [6.45, 7) is 1.71. The number of tetrazole rings is 1. The van der Waals surface area contributed by atoms with Crippen LogP contribution in [0.2, 0.25) is 0 Å². The van der Waals surface area contributed by atoms with E-state index in [1.807, 2.05) is 55.5 Å². The molecule has 0 aliphatic rings. The number of halogens is 1. The van der Waals surface area contributed by atoms with Gasteiger partial charge in [0.2, 0.25) is 11.8 Å². The Labute approximate surface area is 272 Å². The van der Waals surface area contributed by atoms with Crippen LogP contribution in [0.25, 0.3) is 33.5 Å². The Kier molecular flexibility index (Phi) is 9.69. The van der Waals surface area contributed by atoms with Crippen LogP contribution in [-0.4, -0.2) is 61.9 Å². The highest BCUT2D eigenvalue weighted by Crippen LogP contribution is 2.30. The Morgan fingerprint density at radius 1 is 1.00 bits per heavy atom. The summed E-state index contributed by atoms with van der Waals surface area (Å²) in [7, 11) is 0. The number of unbranched alkanes of at least 4 members (excludes halogenated alkanes) is 1. The molecule has 2 N–H and O–H groups in total. The molecule has 0 spiro atoms. The zero-order valence-corrected chi connectivity index (χ0v) is 25.9. The number of nitrogens with zero attached hydrogens (tertiary/aromatic N) is 8. The van der Waals surface area contributed by atoms with E-state index in [1.165, 1.54) is 17.2 Å². The lowest BCUT2D eigenvalue weighted by Gasteiger charge is -2.13. The average molecular weight is 655 g/mol. The molecule has 0 saturated carbocycles. The van der Waals surface area contributed by atoms with Crippen LogP contribution in [0.15, 0.2) is 65.8 Å². The molecule has 6 rings (SSSR count). The van der Waals surface area contributed by atoms with Crippen molar-refractivity contribution >= 4 is 23.0 Å². The maximum Gasteiger partial charge on any atom is 0.308 e. The van der Waals surface area contributed by atoms with Crippen molar-refractivity contribution in [3.63, 3.8) is 0 Å². The third-order valence-electron chi connectivity index (χ3n) is 7.67. The Hall–Kier alpha value is -6.06. The summed E-state index contributed by atoms with van der Waals surface area (Å²) < 4.78 is 28.7. The molecule has 0 saturated heterocycles. The van der Waals surface area contributed by atoms with Crippen LogP contribution in [0.4, 0.5) is 4.39 Å². The average Bonchev–Trinajstić information content (AvgIpc) is 3.85. The summed E-state index contributed by atoms with van der Waals surface area (Å²) in [5.74, 6) is -1.05. The second-order valence-electron chi connectivity index (χ2n) is 10.9. The third-order valence-corrected chi connectivity index (χ3v) is 7.67. The van der Waals surface area contributed by atoms with Gasteiger partial charge in [-0.25, -0.2) is 14.6 Å². The highest BCUT2D eigenvalue weighted by atomic mass is 19.1. The monoisotopic (exact) mass is 654 g/mol. The van der Waals surface area contributed by atoms with Crippen molar-refractivity contribution < 1.29 is 23.5 Å².